The summed E-state index contributed by atoms with van der Waals surface area (Å²) >= 11 is 0. The predicted octanol–water partition coefficient (Wildman–Crippen LogP) is 2.07. The Morgan fingerprint density at radius 3 is 2.71 bits per heavy atom. The zero-order valence-corrected chi connectivity index (χ0v) is 10.4. The third-order valence-electron chi connectivity index (χ3n) is 3.39. The third kappa shape index (κ3) is 1.63. The van der Waals surface area contributed by atoms with Gasteiger partial charge in [-0.05, 0) is 32.8 Å². The number of nitrogens with zero attached hydrogens (tertiary/aromatic N) is 3. The molecule has 0 aliphatic heterocycles. The smallest absolute Gasteiger partial charge is 0.160 e. The summed E-state index contributed by atoms with van der Waals surface area (Å²) in [6.07, 6.45) is 4.18. The van der Waals surface area contributed by atoms with E-state index in [9.17, 15) is 5.11 Å². The highest BCUT2D eigenvalue weighted by Crippen LogP contribution is 2.40. The van der Waals surface area contributed by atoms with E-state index in [4.69, 9.17) is 0 Å². The van der Waals surface area contributed by atoms with Crippen LogP contribution in [0.1, 0.15) is 44.0 Å². The van der Waals surface area contributed by atoms with Crippen molar-refractivity contribution >= 4 is 11.2 Å². The fourth-order valence-electron chi connectivity index (χ4n) is 2.30. The lowest BCUT2D eigenvalue weighted by Gasteiger charge is -2.17. The molecule has 0 bridgehead atoms. The fourth-order valence-corrected chi connectivity index (χ4v) is 2.30. The molecular weight excluding hydrogens is 214 g/mol. The van der Waals surface area contributed by atoms with Crippen molar-refractivity contribution in [2.75, 3.05) is 0 Å². The summed E-state index contributed by atoms with van der Waals surface area (Å²) in [4.78, 5) is 9.06. The minimum atomic E-state index is -0.879. The highest BCUT2D eigenvalue weighted by atomic mass is 16.3. The zero-order chi connectivity index (χ0) is 12.2. The molecule has 1 aliphatic carbocycles. The molecule has 0 aromatic carbocycles. The Labute approximate surface area is 100 Å². The number of imidazole rings is 1. The summed E-state index contributed by atoms with van der Waals surface area (Å²) in [5.74, 6) is 1.69. The lowest BCUT2D eigenvalue weighted by Crippen LogP contribution is -2.16. The molecule has 0 unspecified atom stereocenters. The van der Waals surface area contributed by atoms with Crippen molar-refractivity contribution in [3.63, 3.8) is 0 Å². The number of aryl methyl sites for hydroxylation is 1. The maximum absolute atomic E-state index is 10.2. The number of aromatic nitrogens is 3. The molecule has 0 saturated heterocycles. The molecule has 4 heteroatoms. The molecule has 2 aromatic rings. The van der Waals surface area contributed by atoms with Crippen molar-refractivity contribution in [1.82, 2.24) is 14.5 Å². The Hall–Kier alpha value is -1.42. The van der Waals surface area contributed by atoms with Gasteiger partial charge in [-0.1, -0.05) is 0 Å². The van der Waals surface area contributed by atoms with E-state index in [1.54, 1.807) is 20.0 Å². The monoisotopic (exact) mass is 231 g/mol. The number of fused-ring (bicyclic) bond motifs is 1. The normalized spacial score (nSPS) is 16.7. The Morgan fingerprint density at radius 2 is 2.12 bits per heavy atom. The molecule has 1 fully saturated rings. The van der Waals surface area contributed by atoms with Crippen LogP contribution in [0.3, 0.4) is 0 Å². The van der Waals surface area contributed by atoms with Crippen LogP contribution in [0, 0.1) is 0 Å². The number of pyridine rings is 1. The van der Waals surface area contributed by atoms with E-state index >= 15 is 0 Å². The summed E-state index contributed by atoms with van der Waals surface area (Å²) in [6, 6.07) is 1.85. The Bertz CT molecular complexity index is 576. The average molecular weight is 231 g/mol. The van der Waals surface area contributed by atoms with Crippen molar-refractivity contribution in [2.45, 2.75) is 38.2 Å². The highest BCUT2D eigenvalue weighted by Gasteiger charge is 2.30. The third-order valence-corrected chi connectivity index (χ3v) is 3.39. The average Bonchev–Trinajstić information content (AvgIpc) is 3.03. The van der Waals surface area contributed by atoms with E-state index in [2.05, 4.69) is 14.5 Å². The minimum Gasteiger partial charge on any atom is -0.386 e. The van der Waals surface area contributed by atoms with E-state index < -0.39 is 5.60 Å². The first-order valence-electron chi connectivity index (χ1n) is 6.02. The van der Waals surface area contributed by atoms with Gasteiger partial charge in [-0.15, -0.1) is 0 Å². The molecule has 17 heavy (non-hydrogen) atoms. The predicted molar refractivity (Wildman–Crippen MR) is 65.7 cm³/mol. The van der Waals surface area contributed by atoms with Crippen LogP contribution >= 0.6 is 0 Å². The van der Waals surface area contributed by atoms with Crippen molar-refractivity contribution < 1.29 is 5.11 Å². The van der Waals surface area contributed by atoms with Gasteiger partial charge in [0, 0.05) is 24.7 Å². The van der Waals surface area contributed by atoms with Crippen LogP contribution in [0.5, 0.6) is 0 Å². The van der Waals surface area contributed by atoms with Crippen LogP contribution in [-0.2, 0) is 12.6 Å². The summed E-state index contributed by atoms with van der Waals surface area (Å²) < 4.78 is 2.06. The van der Waals surface area contributed by atoms with Crippen LogP contribution in [-0.4, -0.2) is 19.6 Å². The topological polar surface area (TPSA) is 50.9 Å². The molecule has 3 rings (SSSR count). The summed E-state index contributed by atoms with van der Waals surface area (Å²) in [6.45, 7) is 3.57. The van der Waals surface area contributed by atoms with E-state index in [0.29, 0.717) is 5.92 Å². The number of rotatable bonds is 2. The molecule has 1 N–H and O–H groups in total. The Kier molecular flexibility index (Phi) is 2.08. The molecule has 0 amide bonds. The van der Waals surface area contributed by atoms with Crippen molar-refractivity contribution in [2.24, 2.45) is 7.05 Å². The second kappa shape index (κ2) is 3.29. The quantitative estimate of drug-likeness (QED) is 0.860. The minimum absolute atomic E-state index is 0.587. The van der Waals surface area contributed by atoms with Crippen molar-refractivity contribution in [1.29, 1.82) is 0 Å². The molecule has 0 spiro atoms. The van der Waals surface area contributed by atoms with Gasteiger partial charge >= 0.3 is 0 Å². The van der Waals surface area contributed by atoms with Crippen LogP contribution in [0.25, 0.3) is 11.2 Å². The van der Waals surface area contributed by atoms with E-state index in [0.717, 1.165) is 22.6 Å². The molecule has 90 valence electrons. The van der Waals surface area contributed by atoms with Gasteiger partial charge in [-0.25, -0.2) is 9.97 Å². The van der Waals surface area contributed by atoms with Gasteiger partial charge in [-0.2, -0.15) is 0 Å². The van der Waals surface area contributed by atoms with Gasteiger partial charge in [-0.3, -0.25) is 0 Å². The fraction of sp³-hybridized carbons (Fsp3) is 0.538. The summed E-state index contributed by atoms with van der Waals surface area (Å²) in [5.41, 5.74) is 1.68. The van der Waals surface area contributed by atoms with Crippen molar-refractivity contribution in [3.05, 3.63) is 23.7 Å². The molecule has 4 nitrogen and oxygen atoms in total. The lowest BCUT2D eigenvalue weighted by molar-refractivity contribution is 0.0799. The van der Waals surface area contributed by atoms with E-state index in [1.807, 2.05) is 13.1 Å². The van der Waals surface area contributed by atoms with Gasteiger partial charge in [0.1, 0.15) is 11.3 Å². The van der Waals surface area contributed by atoms with Gasteiger partial charge < -0.3 is 9.67 Å². The second-order valence-electron chi connectivity index (χ2n) is 5.39. The Balaban J connectivity index is 2.28. The van der Waals surface area contributed by atoms with Gasteiger partial charge in [0.05, 0.1) is 5.60 Å². The molecule has 2 heterocycles. The maximum Gasteiger partial charge on any atom is 0.160 e. The van der Waals surface area contributed by atoms with E-state index in [-0.39, 0.29) is 0 Å². The van der Waals surface area contributed by atoms with Crippen LogP contribution in [0.4, 0.5) is 0 Å². The largest absolute Gasteiger partial charge is 0.386 e. The lowest BCUT2D eigenvalue weighted by atomic mass is 9.99. The van der Waals surface area contributed by atoms with Crippen molar-refractivity contribution in [3.8, 4) is 0 Å². The first-order chi connectivity index (χ1) is 7.98. The molecular formula is C13H17N3O. The first kappa shape index (κ1) is 10.7. The second-order valence-corrected chi connectivity index (χ2v) is 5.39. The molecule has 0 radical (unpaired) electrons. The van der Waals surface area contributed by atoms with Crippen LogP contribution in [0.2, 0.25) is 0 Å². The van der Waals surface area contributed by atoms with E-state index in [1.165, 1.54) is 12.8 Å². The molecule has 1 saturated carbocycles. The van der Waals surface area contributed by atoms with Gasteiger partial charge in [0.15, 0.2) is 5.65 Å². The number of hydrogen-bond acceptors (Lipinski definition) is 3. The highest BCUT2D eigenvalue weighted by molar-refractivity contribution is 5.76. The molecule has 2 aromatic heterocycles. The van der Waals surface area contributed by atoms with Gasteiger partial charge in [0.2, 0.25) is 0 Å². The summed E-state index contributed by atoms with van der Waals surface area (Å²) in [5, 5.41) is 10.2. The summed E-state index contributed by atoms with van der Waals surface area (Å²) in [7, 11) is 2.00. The van der Waals surface area contributed by atoms with Crippen LogP contribution < -0.4 is 0 Å². The first-order valence-corrected chi connectivity index (χ1v) is 6.02. The van der Waals surface area contributed by atoms with Gasteiger partial charge in [0.25, 0.3) is 0 Å². The Morgan fingerprint density at radius 1 is 1.41 bits per heavy atom. The SMILES string of the molecule is Cn1c(C2CC2)nc2c(C(C)(C)O)ccnc21. The number of aliphatic hydroxyl groups is 1. The molecule has 0 atom stereocenters. The zero-order valence-electron chi connectivity index (χ0n) is 10.4. The van der Waals surface area contributed by atoms with Crippen LogP contribution in [0.15, 0.2) is 12.3 Å². The number of hydrogen-bond donors (Lipinski definition) is 1. The standard InChI is InChI=1S/C13H17N3O/c1-13(2,17)9-6-7-14-12-10(9)15-11(16(12)3)8-4-5-8/h6-8,17H,4-5H2,1-3H3. The maximum atomic E-state index is 10.2. The molecule has 1 aliphatic rings.